The van der Waals surface area contributed by atoms with Crippen LogP contribution in [0, 0.1) is 5.41 Å². The van der Waals surface area contributed by atoms with E-state index in [4.69, 9.17) is 10.5 Å². The van der Waals surface area contributed by atoms with Crippen LogP contribution in [0.3, 0.4) is 0 Å². The van der Waals surface area contributed by atoms with Crippen molar-refractivity contribution >= 4 is 17.5 Å². The molecule has 1 aliphatic heterocycles. The van der Waals surface area contributed by atoms with Crippen molar-refractivity contribution in [3.8, 4) is 0 Å². The monoisotopic (exact) mass is 251 g/mol. The summed E-state index contributed by atoms with van der Waals surface area (Å²) < 4.78 is 5.13. The third kappa shape index (κ3) is 2.39. The highest BCUT2D eigenvalue weighted by atomic mass is 32.2. The minimum absolute atomic E-state index is 0.110. The van der Waals surface area contributed by atoms with Crippen LogP contribution < -0.4 is 5.73 Å². The van der Waals surface area contributed by atoms with E-state index in [1.165, 1.54) is 4.90 Å². The zero-order valence-electron chi connectivity index (χ0n) is 9.94. The van der Waals surface area contributed by atoms with Crippen molar-refractivity contribution in [2.45, 2.75) is 11.8 Å². The number of nitrogens with two attached hydrogens (primary N) is 1. The number of benzene rings is 1. The maximum absolute atomic E-state index is 12.3. The van der Waals surface area contributed by atoms with Gasteiger partial charge in [0.25, 0.3) is 0 Å². The Morgan fingerprint density at radius 1 is 1.41 bits per heavy atom. The molecule has 92 valence electrons. The molecular formula is C13H17NO2S. The van der Waals surface area contributed by atoms with Crippen LogP contribution in [-0.4, -0.2) is 31.3 Å². The molecule has 0 radical (unpaired) electrons. The number of Topliss-reactive ketones (excluding diaryl/α,β-unsaturated/α-hetero) is 1. The molecule has 0 amide bonds. The molecule has 4 heteroatoms. The number of hydrogen-bond acceptors (Lipinski definition) is 4. The van der Waals surface area contributed by atoms with Gasteiger partial charge in [-0.15, -0.1) is 11.8 Å². The summed E-state index contributed by atoms with van der Waals surface area (Å²) in [5.74, 6) is 1.15. The second kappa shape index (κ2) is 5.21. The van der Waals surface area contributed by atoms with E-state index in [-0.39, 0.29) is 5.78 Å². The van der Waals surface area contributed by atoms with Crippen molar-refractivity contribution in [2.75, 3.05) is 25.5 Å². The minimum Gasteiger partial charge on any atom is -0.379 e. The summed E-state index contributed by atoms with van der Waals surface area (Å²) in [7, 11) is 0. The first-order valence-corrected chi connectivity index (χ1v) is 6.76. The fourth-order valence-corrected chi connectivity index (χ4v) is 2.53. The number of carbonyl (C=O) groups is 1. The molecule has 1 fully saturated rings. The third-order valence-electron chi connectivity index (χ3n) is 3.06. The molecule has 1 aromatic carbocycles. The molecule has 1 aliphatic rings. The Bertz CT molecular complexity index is 393. The van der Waals surface area contributed by atoms with Gasteiger partial charge in [0, 0.05) is 17.0 Å². The Hall–Kier alpha value is -0.840. The van der Waals surface area contributed by atoms with E-state index >= 15 is 0 Å². The maximum atomic E-state index is 12.3. The molecule has 1 saturated heterocycles. The van der Waals surface area contributed by atoms with E-state index in [0.29, 0.717) is 19.8 Å². The lowest BCUT2D eigenvalue weighted by atomic mass is 9.78. The molecule has 0 saturated carbocycles. The maximum Gasteiger partial charge on any atom is 0.174 e. The molecule has 1 heterocycles. The van der Waals surface area contributed by atoms with Crippen molar-refractivity contribution in [3.63, 3.8) is 0 Å². The quantitative estimate of drug-likeness (QED) is 0.642. The van der Waals surface area contributed by atoms with Crippen LogP contribution in [0.15, 0.2) is 29.2 Å². The first-order chi connectivity index (χ1) is 8.22. The summed E-state index contributed by atoms with van der Waals surface area (Å²) in [6.45, 7) is 3.37. The summed E-state index contributed by atoms with van der Waals surface area (Å²) in [5.41, 5.74) is 5.94. The van der Waals surface area contributed by atoms with Gasteiger partial charge in [-0.25, -0.2) is 0 Å². The zero-order valence-corrected chi connectivity index (χ0v) is 10.8. The first kappa shape index (κ1) is 12.6. The third-order valence-corrected chi connectivity index (χ3v) is 3.95. The molecule has 2 rings (SSSR count). The molecule has 1 aromatic rings. The van der Waals surface area contributed by atoms with E-state index < -0.39 is 5.41 Å². The van der Waals surface area contributed by atoms with E-state index in [1.54, 1.807) is 11.8 Å². The number of carbonyl (C=O) groups excluding carboxylic acids is 1. The highest BCUT2D eigenvalue weighted by molar-refractivity contribution is 7.99. The van der Waals surface area contributed by atoms with Gasteiger partial charge in [0.05, 0.1) is 18.6 Å². The summed E-state index contributed by atoms with van der Waals surface area (Å²) in [6.07, 6.45) is 0. The van der Waals surface area contributed by atoms with Crippen LogP contribution in [-0.2, 0) is 4.74 Å². The Kier molecular flexibility index (Phi) is 3.86. The first-order valence-electron chi connectivity index (χ1n) is 5.77. The smallest absolute Gasteiger partial charge is 0.174 e. The van der Waals surface area contributed by atoms with Crippen LogP contribution >= 0.6 is 11.8 Å². The van der Waals surface area contributed by atoms with Crippen LogP contribution in [0.2, 0.25) is 0 Å². The van der Waals surface area contributed by atoms with E-state index in [9.17, 15) is 4.79 Å². The summed E-state index contributed by atoms with van der Waals surface area (Å²) in [4.78, 5) is 13.5. The summed E-state index contributed by atoms with van der Waals surface area (Å²) in [6, 6.07) is 7.75. The predicted octanol–water partition coefficient (Wildman–Crippen LogP) is 1.96. The molecule has 0 atom stereocenters. The van der Waals surface area contributed by atoms with Gasteiger partial charge >= 0.3 is 0 Å². The molecule has 0 unspecified atom stereocenters. The summed E-state index contributed by atoms with van der Waals surface area (Å²) >= 11 is 1.77. The highest BCUT2D eigenvalue weighted by Gasteiger charge is 2.44. The minimum atomic E-state index is -0.473. The standard InChI is InChI=1S/C13H17NO2S/c1-2-17-11-5-3-10(4-6-11)12(15)13(7-14)8-16-9-13/h3-6H,2,7-9,14H2,1H3. The highest BCUT2D eigenvalue weighted by Crippen LogP contribution is 2.31. The molecule has 0 aromatic heterocycles. The van der Waals surface area contributed by atoms with Crippen LogP contribution in [0.4, 0.5) is 0 Å². The van der Waals surface area contributed by atoms with Crippen molar-refractivity contribution < 1.29 is 9.53 Å². The van der Waals surface area contributed by atoms with Gasteiger partial charge in [-0.1, -0.05) is 19.1 Å². The molecule has 3 nitrogen and oxygen atoms in total. The number of ether oxygens (including phenoxy) is 1. The number of thioether (sulfide) groups is 1. The second-order valence-corrected chi connectivity index (χ2v) is 5.60. The van der Waals surface area contributed by atoms with Gasteiger partial charge < -0.3 is 10.5 Å². The molecule has 0 aliphatic carbocycles. The van der Waals surface area contributed by atoms with Crippen molar-refractivity contribution in [3.05, 3.63) is 29.8 Å². The lowest BCUT2D eigenvalue weighted by Gasteiger charge is -2.38. The van der Waals surface area contributed by atoms with Crippen LogP contribution in [0.1, 0.15) is 17.3 Å². The van der Waals surface area contributed by atoms with Gasteiger partial charge in [0.2, 0.25) is 0 Å². The van der Waals surface area contributed by atoms with Gasteiger partial charge in [-0.3, -0.25) is 4.79 Å². The SMILES string of the molecule is CCSc1ccc(C(=O)C2(CN)COC2)cc1. The number of hydrogen-bond donors (Lipinski definition) is 1. The summed E-state index contributed by atoms with van der Waals surface area (Å²) in [5, 5.41) is 0. The lowest BCUT2D eigenvalue weighted by molar-refractivity contribution is -0.0816. The Morgan fingerprint density at radius 2 is 2.06 bits per heavy atom. The predicted molar refractivity (Wildman–Crippen MR) is 69.5 cm³/mol. The van der Waals surface area contributed by atoms with E-state index in [2.05, 4.69) is 6.92 Å². The van der Waals surface area contributed by atoms with Crippen LogP contribution in [0.5, 0.6) is 0 Å². The average molecular weight is 251 g/mol. The van der Waals surface area contributed by atoms with E-state index in [1.807, 2.05) is 24.3 Å². The van der Waals surface area contributed by atoms with Crippen molar-refractivity contribution in [1.29, 1.82) is 0 Å². The van der Waals surface area contributed by atoms with Crippen LogP contribution in [0.25, 0.3) is 0 Å². The van der Waals surface area contributed by atoms with E-state index in [0.717, 1.165) is 11.3 Å². The molecule has 0 bridgehead atoms. The largest absolute Gasteiger partial charge is 0.379 e. The fraction of sp³-hybridized carbons (Fsp3) is 0.462. The normalized spacial score (nSPS) is 17.5. The molecule has 0 spiro atoms. The Morgan fingerprint density at radius 3 is 2.47 bits per heavy atom. The Labute approximate surface area is 106 Å². The van der Waals surface area contributed by atoms with Gasteiger partial charge in [0.15, 0.2) is 5.78 Å². The van der Waals surface area contributed by atoms with Crippen molar-refractivity contribution in [1.82, 2.24) is 0 Å². The second-order valence-electron chi connectivity index (χ2n) is 4.26. The number of rotatable bonds is 5. The Balaban J connectivity index is 2.14. The lowest BCUT2D eigenvalue weighted by Crippen LogP contribution is -2.54. The van der Waals surface area contributed by atoms with Gasteiger partial charge in [-0.2, -0.15) is 0 Å². The molecular weight excluding hydrogens is 234 g/mol. The topological polar surface area (TPSA) is 52.3 Å². The zero-order chi connectivity index (χ0) is 12.3. The van der Waals surface area contributed by atoms with Gasteiger partial charge in [-0.05, 0) is 17.9 Å². The van der Waals surface area contributed by atoms with Crippen molar-refractivity contribution in [2.24, 2.45) is 11.1 Å². The molecule has 2 N–H and O–H groups in total. The average Bonchev–Trinajstić information content (AvgIpc) is 2.29. The number of ketones is 1. The van der Waals surface area contributed by atoms with Gasteiger partial charge in [0.1, 0.15) is 0 Å². The fourth-order valence-electron chi connectivity index (χ4n) is 1.87. The molecule has 17 heavy (non-hydrogen) atoms.